The normalized spacial score (nSPS) is 31.6. The van der Waals surface area contributed by atoms with Gasteiger partial charge >= 0.3 is 0 Å². The van der Waals surface area contributed by atoms with Crippen molar-refractivity contribution in [2.24, 2.45) is 0 Å². The minimum absolute atomic E-state index is 0.0940. The Morgan fingerprint density at radius 1 is 1.28 bits per heavy atom. The Kier molecular flexibility index (Phi) is 3.38. The van der Waals surface area contributed by atoms with Gasteiger partial charge in [-0.25, -0.2) is 0 Å². The molecule has 5 rings (SSSR count). The van der Waals surface area contributed by atoms with Crippen molar-refractivity contribution >= 4 is 11.6 Å². The average molecular weight is 360 g/mol. The molecule has 25 heavy (non-hydrogen) atoms. The molecule has 0 radical (unpaired) electrons. The zero-order chi connectivity index (χ0) is 17.2. The number of hydrogen-bond acceptors (Lipinski definition) is 4. The number of methoxy groups -OCH3 is 2. The van der Waals surface area contributed by atoms with Gasteiger partial charge in [0.25, 0.3) is 0 Å². The smallest absolute Gasteiger partial charge is 0.169 e. The fourth-order valence-corrected chi connectivity index (χ4v) is 5.59. The molecule has 0 saturated carbocycles. The Hall–Kier alpha value is -1.65. The van der Waals surface area contributed by atoms with Crippen molar-refractivity contribution in [3.05, 3.63) is 46.7 Å². The maximum atomic E-state index is 6.50. The van der Waals surface area contributed by atoms with Gasteiger partial charge in [-0.2, -0.15) is 0 Å². The number of allylic oxidation sites excluding steroid dienone is 2. The SMILES string of the molecule is COC1=CC=C2[C@@H]3Cc4ccc(OC)c5c4[C@]2(CCN3CCCl)[C@@H]1O5. The van der Waals surface area contributed by atoms with Crippen molar-refractivity contribution < 1.29 is 14.2 Å². The number of rotatable bonds is 4. The molecule has 1 aromatic carbocycles. The molecule has 132 valence electrons. The number of benzene rings is 1. The molecule has 0 N–H and O–H groups in total. The fourth-order valence-electron chi connectivity index (χ4n) is 5.38. The van der Waals surface area contributed by atoms with Crippen molar-refractivity contribution in [1.82, 2.24) is 4.90 Å². The van der Waals surface area contributed by atoms with Gasteiger partial charge < -0.3 is 14.2 Å². The van der Waals surface area contributed by atoms with Crippen LogP contribution in [0.4, 0.5) is 0 Å². The Bertz CT molecular complexity index is 802. The Morgan fingerprint density at radius 2 is 2.16 bits per heavy atom. The van der Waals surface area contributed by atoms with Crippen LogP contribution in [0.3, 0.4) is 0 Å². The first-order valence-electron chi connectivity index (χ1n) is 8.88. The highest BCUT2D eigenvalue weighted by Gasteiger charge is 2.62. The number of hydrogen-bond donors (Lipinski definition) is 0. The van der Waals surface area contributed by atoms with E-state index in [4.69, 9.17) is 25.8 Å². The molecule has 2 heterocycles. The molecule has 5 heteroatoms. The van der Waals surface area contributed by atoms with E-state index in [1.54, 1.807) is 14.2 Å². The van der Waals surface area contributed by atoms with Gasteiger partial charge in [-0.05, 0) is 36.1 Å². The predicted molar refractivity (Wildman–Crippen MR) is 96.7 cm³/mol. The van der Waals surface area contributed by atoms with Gasteiger partial charge in [-0.3, -0.25) is 4.90 Å². The van der Waals surface area contributed by atoms with Gasteiger partial charge in [0.2, 0.25) is 0 Å². The van der Waals surface area contributed by atoms with Gasteiger partial charge in [-0.15, -0.1) is 11.6 Å². The molecule has 1 spiro atoms. The summed E-state index contributed by atoms with van der Waals surface area (Å²) in [5.74, 6) is 3.29. The molecule has 2 aliphatic heterocycles. The van der Waals surface area contributed by atoms with Crippen LogP contribution in [0.1, 0.15) is 17.5 Å². The summed E-state index contributed by atoms with van der Waals surface area (Å²) >= 11 is 6.08. The average Bonchev–Trinajstić information content (AvgIpc) is 2.98. The van der Waals surface area contributed by atoms with E-state index in [9.17, 15) is 0 Å². The van der Waals surface area contributed by atoms with Gasteiger partial charge in [-0.1, -0.05) is 12.1 Å². The second-order valence-electron chi connectivity index (χ2n) is 7.19. The van der Waals surface area contributed by atoms with Crippen LogP contribution in [0.5, 0.6) is 11.5 Å². The van der Waals surface area contributed by atoms with Crippen LogP contribution in [-0.4, -0.2) is 50.2 Å². The molecule has 4 nitrogen and oxygen atoms in total. The number of ether oxygens (including phenoxy) is 3. The lowest BCUT2D eigenvalue weighted by Gasteiger charge is -2.53. The Balaban J connectivity index is 1.76. The molecular formula is C20H22ClNO3. The zero-order valence-corrected chi connectivity index (χ0v) is 15.3. The first kappa shape index (κ1) is 15.6. The second kappa shape index (κ2) is 5.42. The van der Waals surface area contributed by atoms with Crippen molar-refractivity contribution in [2.45, 2.75) is 30.4 Å². The monoisotopic (exact) mass is 359 g/mol. The van der Waals surface area contributed by atoms with E-state index >= 15 is 0 Å². The number of alkyl halides is 1. The molecule has 1 fully saturated rings. The summed E-state index contributed by atoms with van der Waals surface area (Å²) in [6.07, 6.45) is 6.27. The Morgan fingerprint density at radius 3 is 2.92 bits per heavy atom. The molecule has 0 amide bonds. The third kappa shape index (κ3) is 1.82. The Labute approximate surface area is 153 Å². The highest BCUT2D eigenvalue weighted by Crippen LogP contribution is 2.62. The lowest BCUT2D eigenvalue weighted by molar-refractivity contribution is 0.0666. The highest BCUT2D eigenvalue weighted by atomic mass is 35.5. The van der Waals surface area contributed by atoms with Gasteiger partial charge in [0, 0.05) is 30.6 Å². The summed E-state index contributed by atoms with van der Waals surface area (Å²) in [6.45, 7) is 1.95. The molecule has 2 bridgehead atoms. The number of nitrogens with zero attached hydrogens (tertiary/aromatic N) is 1. The molecular weight excluding hydrogens is 338 g/mol. The zero-order valence-electron chi connectivity index (χ0n) is 14.5. The van der Waals surface area contributed by atoms with Crippen molar-refractivity contribution in [3.63, 3.8) is 0 Å². The molecule has 2 aliphatic carbocycles. The van der Waals surface area contributed by atoms with Crippen LogP contribution >= 0.6 is 11.6 Å². The fraction of sp³-hybridized carbons (Fsp3) is 0.500. The minimum atomic E-state index is -0.120. The number of halogens is 1. The largest absolute Gasteiger partial charge is 0.497 e. The van der Waals surface area contributed by atoms with Crippen LogP contribution in [0.15, 0.2) is 35.6 Å². The van der Waals surface area contributed by atoms with E-state index in [0.717, 1.165) is 43.2 Å². The first-order chi connectivity index (χ1) is 12.2. The standard InChI is InChI=1S/C20H22ClNO3/c1-23-15-5-3-12-11-14-13-4-6-16(24-2)19-20(13,17(12)18(15)25-19)7-9-22(14)10-8-21/h3-6,14,19H,7-11H2,1-2H3/t14-,19+,20+/m0/s1. The maximum Gasteiger partial charge on any atom is 0.169 e. The lowest BCUT2D eigenvalue weighted by atomic mass is 9.57. The van der Waals surface area contributed by atoms with Gasteiger partial charge in [0.15, 0.2) is 17.6 Å². The highest BCUT2D eigenvalue weighted by molar-refractivity contribution is 6.18. The van der Waals surface area contributed by atoms with Crippen LogP contribution in [0, 0.1) is 0 Å². The third-order valence-electron chi connectivity index (χ3n) is 6.37. The second-order valence-corrected chi connectivity index (χ2v) is 7.57. The maximum absolute atomic E-state index is 6.50. The summed E-state index contributed by atoms with van der Waals surface area (Å²) in [6, 6.07) is 4.64. The number of likely N-dealkylation sites (tertiary alicyclic amines) is 1. The van der Waals surface area contributed by atoms with Crippen molar-refractivity contribution in [1.29, 1.82) is 0 Å². The van der Waals surface area contributed by atoms with Crippen LogP contribution in [-0.2, 0) is 16.6 Å². The molecule has 1 aromatic rings. The van der Waals surface area contributed by atoms with E-state index in [1.807, 2.05) is 6.07 Å². The summed E-state index contributed by atoms with van der Waals surface area (Å²) in [7, 11) is 3.44. The minimum Gasteiger partial charge on any atom is -0.497 e. The quantitative estimate of drug-likeness (QED) is 0.773. The van der Waals surface area contributed by atoms with E-state index in [0.29, 0.717) is 11.9 Å². The summed E-state index contributed by atoms with van der Waals surface area (Å²) in [4.78, 5) is 2.53. The molecule has 0 aromatic heterocycles. The third-order valence-corrected chi connectivity index (χ3v) is 6.54. The van der Waals surface area contributed by atoms with E-state index < -0.39 is 0 Å². The van der Waals surface area contributed by atoms with Crippen molar-refractivity contribution in [3.8, 4) is 11.5 Å². The molecule has 1 saturated heterocycles. The van der Waals surface area contributed by atoms with E-state index in [-0.39, 0.29) is 11.5 Å². The molecule has 3 atom stereocenters. The van der Waals surface area contributed by atoms with E-state index in [1.165, 1.54) is 16.7 Å². The van der Waals surface area contributed by atoms with Gasteiger partial charge in [0.1, 0.15) is 5.76 Å². The predicted octanol–water partition coefficient (Wildman–Crippen LogP) is 3.03. The van der Waals surface area contributed by atoms with Crippen LogP contribution in [0.2, 0.25) is 0 Å². The van der Waals surface area contributed by atoms with Crippen LogP contribution in [0.25, 0.3) is 0 Å². The lowest BCUT2D eigenvalue weighted by Crippen LogP contribution is -2.59. The topological polar surface area (TPSA) is 30.9 Å². The van der Waals surface area contributed by atoms with E-state index in [2.05, 4.69) is 23.1 Å². The van der Waals surface area contributed by atoms with Gasteiger partial charge in [0.05, 0.1) is 19.6 Å². The first-order valence-corrected chi connectivity index (χ1v) is 9.41. The van der Waals surface area contributed by atoms with Crippen LogP contribution < -0.4 is 9.47 Å². The summed E-state index contributed by atoms with van der Waals surface area (Å²) in [5.41, 5.74) is 4.03. The molecule has 0 unspecified atom stereocenters. The summed E-state index contributed by atoms with van der Waals surface area (Å²) in [5, 5.41) is 0. The molecule has 4 aliphatic rings. The summed E-state index contributed by atoms with van der Waals surface area (Å²) < 4.78 is 17.8. The number of piperidine rings is 1. The van der Waals surface area contributed by atoms with Crippen molar-refractivity contribution in [2.75, 3.05) is 33.2 Å².